The molecule has 1 aliphatic carbocycles. The number of rotatable bonds is 4. The number of carbonyl (C=O) groups is 1. The molecule has 0 aromatic carbocycles. The first-order valence-electron chi connectivity index (χ1n) is 8.18. The van der Waals surface area contributed by atoms with E-state index in [1.165, 1.54) is 37.8 Å². The van der Waals surface area contributed by atoms with Crippen molar-refractivity contribution < 1.29 is 4.79 Å². The number of hydrogen-bond donors (Lipinski definition) is 0. The van der Waals surface area contributed by atoms with Crippen LogP contribution in [0.5, 0.6) is 0 Å². The van der Waals surface area contributed by atoms with Crippen LogP contribution < -0.4 is 0 Å². The van der Waals surface area contributed by atoms with Gasteiger partial charge in [0, 0.05) is 28.7 Å². The Morgan fingerprint density at radius 2 is 2.14 bits per heavy atom. The Labute approximate surface area is 141 Å². The molecule has 0 amide bonds. The van der Waals surface area contributed by atoms with Crippen LogP contribution in [0.25, 0.3) is 0 Å². The lowest BCUT2D eigenvalue weighted by Gasteiger charge is -2.26. The molecule has 0 radical (unpaired) electrons. The van der Waals surface area contributed by atoms with Crippen molar-refractivity contribution in [2.75, 3.05) is 18.1 Å². The van der Waals surface area contributed by atoms with Crippen molar-refractivity contribution in [1.82, 2.24) is 4.57 Å². The van der Waals surface area contributed by atoms with Gasteiger partial charge in [-0.1, -0.05) is 42.8 Å². The highest BCUT2D eigenvalue weighted by Crippen LogP contribution is 2.32. The maximum Gasteiger partial charge on any atom is 0.174 e. The van der Waals surface area contributed by atoms with Crippen LogP contribution in [-0.2, 0) is 0 Å². The van der Waals surface area contributed by atoms with E-state index < -0.39 is 0 Å². The third-order valence-corrected chi connectivity index (χ3v) is 6.86. The molecular formula is C17H24N2OS2. The molecule has 1 aromatic rings. The number of thioether (sulfide) groups is 2. The highest BCUT2D eigenvalue weighted by Gasteiger charge is 2.23. The fraction of sp³-hybridized carbons (Fsp3) is 0.647. The van der Waals surface area contributed by atoms with Gasteiger partial charge in [0.2, 0.25) is 0 Å². The Hall–Kier alpha value is -0.680. The van der Waals surface area contributed by atoms with Crippen LogP contribution in [0, 0.1) is 13.8 Å². The minimum Gasteiger partial charge on any atom is -0.345 e. The van der Waals surface area contributed by atoms with Crippen molar-refractivity contribution in [3.8, 4) is 0 Å². The van der Waals surface area contributed by atoms with Gasteiger partial charge in [0.15, 0.2) is 5.78 Å². The number of Topliss-reactive ketones (excluding diaryl/α,β-unsaturated/α-hetero) is 1. The van der Waals surface area contributed by atoms with Crippen molar-refractivity contribution in [3.63, 3.8) is 0 Å². The zero-order valence-corrected chi connectivity index (χ0v) is 15.1. The molecule has 2 aliphatic rings. The van der Waals surface area contributed by atoms with Crippen LogP contribution in [0.3, 0.4) is 0 Å². The van der Waals surface area contributed by atoms with Gasteiger partial charge >= 0.3 is 0 Å². The topological polar surface area (TPSA) is 34.4 Å². The second-order valence-corrected chi connectivity index (χ2v) is 8.46. The molecule has 0 atom stereocenters. The number of carbonyl (C=O) groups excluding carboxylic acids is 1. The Bertz CT molecular complexity index is 586. The predicted molar refractivity (Wildman–Crippen MR) is 97.6 cm³/mol. The number of aliphatic imine (C=N–C) groups is 1. The van der Waals surface area contributed by atoms with E-state index in [1.807, 2.05) is 0 Å². The van der Waals surface area contributed by atoms with Crippen LogP contribution in [0.1, 0.15) is 59.9 Å². The molecule has 1 aliphatic heterocycles. The van der Waals surface area contributed by atoms with Crippen molar-refractivity contribution in [2.45, 2.75) is 52.0 Å². The summed E-state index contributed by atoms with van der Waals surface area (Å²) in [5.74, 6) is 1.82. The maximum atomic E-state index is 12.6. The van der Waals surface area contributed by atoms with Gasteiger partial charge in [0.05, 0.1) is 12.3 Å². The van der Waals surface area contributed by atoms with Gasteiger partial charge < -0.3 is 4.57 Å². The van der Waals surface area contributed by atoms with Gasteiger partial charge in [-0.15, -0.1) is 0 Å². The third kappa shape index (κ3) is 3.46. The van der Waals surface area contributed by atoms with E-state index in [2.05, 4.69) is 29.5 Å². The van der Waals surface area contributed by atoms with Gasteiger partial charge in [0.1, 0.15) is 4.38 Å². The molecule has 2 heterocycles. The highest BCUT2D eigenvalue weighted by molar-refractivity contribution is 8.39. The average Bonchev–Trinajstić information content (AvgIpc) is 3.14. The summed E-state index contributed by atoms with van der Waals surface area (Å²) in [6.07, 6.45) is 6.51. The van der Waals surface area contributed by atoms with E-state index in [9.17, 15) is 4.79 Å². The zero-order valence-electron chi connectivity index (χ0n) is 13.4. The summed E-state index contributed by atoms with van der Waals surface area (Å²) in [4.78, 5) is 17.0. The van der Waals surface area contributed by atoms with Crippen molar-refractivity contribution in [1.29, 1.82) is 0 Å². The summed E-state index contributed by atoms with van der Waals surface area (Å²) >= 11 is 3.37. The molecule has 0 N–H and O–H groups in total. The molecule has 1 saturated carbocycles. The second-order valence-electron chi connectivity index (χ2n) is 6.15. The molecule has 0 bridgehead atoms. The van der Waals surface area contributed by atoms with E-state index >= 15 is 0 Å². The summed E-state index contributed by atoms with van der Waals surface area (Å²) < 4.78 is 3.49. The smallest absolute Gasteiger partial charge is 0.174 e. The lowest BCUT2D eigenvalue weighted by Crippen LogP contribution is -2.16. The predicted octanol–water partition coefficient (Wildman–Crippen LogP) is 4.63. The number of aryl methyl sites for hydroxylation is 1. The molecule has 3 nitrogen and oxygen atoms in total. The average molecular weight is 337 g/mol. The van der Waals surface area contributed by atoms with Crippen molar-refractivity contribution in [2.24, 2.45) is 4.99 Å². The SMILES string of the molecule is Cc1cc(C(=O)CSC2=NCCS2)c(C)n1C1CCCCC1. The fourth-order valence-corrected chi connectivity index (χ4v) is 5.46. The molecule has 120 valence electrons. The molecule has 1 fully saturated rings. The monoisotopic (exact) mass is 336 g/mol. The van der Waals surface area contributed by atoms with Crippen LogP contribution >= 0.6 is 23.5 Å². The Morgan fingerprint density at radius 1 is 1.36 bits per heavy atom. The third-order valence-electron chi connectivity index (χ3n) is 4.61. The number of aromatic nitrogens is 1. The molecular weight excluding hydrogens is 312 g/mol. The molecule has 1 aromatic heterocycles. The van der Waals surface area contributed by atoms with E-state index in [1.54, 1.807) is 23.5 Å². The minimum absolute atomic E-state index is 0.246. The molecule has 0 saturated heterocycles. The summed E-state index contributed by atoms with van der Waals surface area (Å²) in [6, 6.07) is 2.69. The molecule has 22 heavy (non-hydrogen) atoms. The normalized spacial score (nSPS) is 19.5. The van der Waals surface area contributed by atoms with Crippen molar-refractivity contribution in [3.05, 3.63) is 23.0 Å². The number of hydrogen-bond acceptors (Lipinski definition) is 4. The number of ketones is 1. The molecule has 5 heteroatoms. The summed E-state index contributed by atoms with van der Waals surface area (Å²) in [5, 5.41) is 0. The second kappa shape index (κ2) is 7.26. The van der Waals surface area contributed by atoms with Gasteiger partial charge in [-0.3, -0.25) is 9.79 Å². The summed E-state index contributed by atoms with van der Waals surface area (Å²) in [5.41, 5.74) is 3.32. The van der Waals surface area contributed by atoms with E-state index in [0.29, 0.717) is 11.8 Å². The Morgan fingerprint density at radius 3 is 2.82 bits per heavy atom. The van der Waals surface area contributed by atoms with Crippen molar-refractivity contribution >= 4 is 33.7 Å². The molecule has 0 spiro atoms. The van der Waals surface area contributed by atoms with Gasteiger partial charge in [-0.25, -0.2) is 0 Å². The summed E-state index contributed by atoms with van der Waals surface area (Å²) in [6.45, 7) is 5.15. The molecule has 0 unspecified atom stereocenters. The highest BCUT2D eigenvalue weighted by atomic mass is 32.2. The largest absolute Gasteiger partial charge is 0.345 e. The zero-order chi connectivity index (χ0) is 15.5. The number of nitrogens with zero attached hydrogens (tertiary/aromatic N) is 2. The quantitative estimate of drug-likeness (QED) is 0.752. The maximum absolute atomic E-state index is 12.6. The van der Waals surface area contributed by atoms with Crippen LogP contribution in [0.15, 0.2) is 11.1 Å². The van der Waals surface area contributed by atoms with Gasteiger partial charge in [-0.05, 0) is 32.8 Å². The Balaban J connectivity index is 1.71. The lowest BCUT2D eigenvalue weighted by molar-refractivity contribution is 0.102. The van der Waals surface area contributed by atoms with Gasteiger partial charge in [-0.2, -0.15) is 0 Å². The van der Waals surface area contributed by atoms with E-state index in [-0.39, 0.29) is 5.78 Å². The van der Waals surface area contributed by atoms with Gasteiger partial charge in [0.25, 0.3) is 0 Å². The first-order valence-corrected chi connectivity index (χ1v) is 10.2. The minimum atomic E-state index is 0.246. The first kappa shape index (κ1) is 16.2. The first-order chi connectivity index (χ1) is 10.7. The lowest BCUT2D eigenvalue weighted by atomic mass is 9.95. The summed E-state index contributed by atoms with van der Waals surface area (Å²) in [7, 11) is 0. The van der Waals surface area contributed by atoms with E-state index in [4.69, 9.17) is 0 Å². The Kier molecular flexibility index (Phi) is 5.34. The van der Waals surface area contributed by atoms with Crippen LogP contribution in [0.2, 0.25) is 0 Å². The van der Waals surface area contributed by atoms with Crippen LogP contribution in [0.4, 0.5) is 0 Å². The fourth-order valence-electron chi connectivity index (χ4n) is 3.57. The van der Waals surface area contributed by atoms with E-state index in [0.717, 1.165) is 27.9 Å². The molecule has 3 rings (SSSR count). The van der Waals surface area contributed by atoms with Crippen LogP contribution in [-0.4, -0.2) is 32.8 Å². The standard InChI is InChI=1S/C17H24N2OS2/c1-12-10-15(16(20)11-22-17-18-8-9-21-17)13(2)19(12)14-6-4-3-5-7-14/h10,14H,3-9,11H2,1-2H3.